The number of hydrogen-bond donors (Lipinski definition) is 1. The highest BCUT2D eigenvalue weighted by molar-refractivity contribution is 5.81. The van der Waals surface area contributed by atoms with Gasteiger partial charge in [-0.25, -0.2) is 18.0 Å². The topological polar surface area (TPSA) is 68.5 Å². The second-order valence-corrected chi connectivity index (χ2v) is 4.70. The van der Waals surface area contributed by atoms with Gasteiger partial charge in [0.2, 0.25) is 5.43 Å². The summed E-state index contributed by atoms with van der Waals surface area (Å²) in [6, 6.07) is 0.768. The first kappa shape index (κ1) is 13.5. The Morgan fingerprint density at radius 3 is 2.52 bits per heavy atom. The summed E-state index contributed by atoms with van der Waals surface area (Å²) in [5.41, 5.74) is -0.916. The number of alkyl halides is 1. The molecule has 2 atom stereocenters. The molecule has 0 saturated heterocycles. The van der Waals surface area contributed by atoms with Crippen LogP contribution in [0.25, 0.3) is 10.9 Å². The normalized spacial score (nSPS) is 20.5. The van der Waals surface area contributed by atoms with Crippen molar-refractivity contribution >= 4 is 17.1 Å². The third-order valence-electron chi connectivity index (χ3n) is 3.28. The third-order valence-corrected chi connectivity index (χ3v) is 3.28. The van der Waals surface area contributed by atoms with Crippen LogP contribution in [-0.2, 0) is 0 Å². The zero-order chi connectivity index (χ0) is 15.3. The Hall–Kier alpha value is -2.51. The average molecular weight is 299 g/mol. The molecule has 5 nitrogen and oxygen atoms in total. The number of carbonyl (C=O) groups is 1. The van der Waals surface area contributed by atoms with Gasteiger partial charge in [0.25, 0.3) is 0 Å². The molecule has 0 amide bonds. The maximum Gasteiger partial charge on any atom is 0.511 e. The molecule has 8 heteroatoms. The van der Waals surface area contributed by atoms with Crippen LogP contribution in [0.15, 0.2) is 23.1 Å². The van der Waals surface area contributed by atoms with Gasteiger partial charge in [0.05, 0.1) is 23.1 Å². The van der Waals surface area contributed by atoms with Crippen LogP contribution in [0.5, 0.6) is 5.75 Å². The number of benzene rings is 1. The number of aromatic nitrogens is 1. The van der Waals surface area contributed by atoms with Crippen molar-refractivity contribution in [3.8, 4) is 5.75 Å². The van der Waals surface area contributed by atoms with E-state index in [9.17, 15) is 22.8 Å². The minimum absolute atomic E-state index is 0.0122. The van der Waals surface area contributed by atoms with Gasteiger partial charge in [-0.3, -0.25) is 4.79 Å². The van der Waals surface area contributed by atoms with Gasteiger partial charge >= 0.3 is 6.16 Å². The van der Waals surface area contributed by atoms with Crippen molar-refractivity contribution in [3.05, 3.63) is 40.2 Å². The summed E-state index contributed by atoms with van der Waals surface area (Å²) in [5.74, 6) is -3.02. The standard InChI is InChI=1S/C13H8F3NO4/c14-6-1-5-9(2-7(6)15)17(10-3-8(10)16)4-11(12(5)18)21-13(19)20/h1-2,4,8,10H,3H2,(H,19,20)/t8-,10+/m0/s1. The fourth-order valence-electron chi connectivity index (χ4n) is 2.20. The first-order valence-electron chi connectivity index (χ1n) is 5.97. The number of pyridine rings is 1. The van der Waals surface area contributed by atoms with Crippen LogP contribution < -0.4 is 10.2 Å². The van der Waals surface area contributed by atoms with Gasteiger partial charge in [0, 0.05) is 12.5 Å². The first-order chi connectivity index (χ1) is 9.88. The number of hydrogen-bond acceptors (Lipinski definition) is 3. The van der Waals surface area contributed by atoms with Gasteiger partial charge in [-0.1, -0.05) is 0 Å². The van der Waals surface area contributed by atoms with E-state index in [0.717, 1.165) is 12.3 Å². The predicted molar refractivity (Wildman–Crippen MR) is 65.3 cm³/mol. The lowest BCUT2D eigenvalue weighted by molar-refractivity contribution is 0.143. The van der Waals surface area contributed by atoms with Gasteiger partial charge < -0.3 is 14.4 Å². The predicted octanol–water partition coefficient (Wildman–Crippen LogP) is 2.62. The van der Waals surface area contributed by atoms with Gasteiger partial charge in [0.15, 0.2) is 17.4 Å². The van der Waals surface area contributed by atoms with Gasteiger partial charge in [0.1, 0.15) is 6.17 Å². The van der Waals surface area contributed by atoms with Crippen molar-refractivity contribution < 1.29 is 27.8 Å². The summed E-state index contributed by atoms with van der Waals surface area (Å²) in [5, 5.41) is 8.31. The molecule has 1 fully saturated rings. The second-order valence-electron chi connectivity index (χ2n) is 4.70. The minimum Gasteiger partial charge on any atom is -0.449 e. The van der Waals surface area contributed by atoms with Crippen molar-refractivity contribution in [2.75, 3.05) is 0 Å². The second kappa shape index (κ2) is 4.51. The molecule has 1 saturated carbocycles. The van der Waals surface area contributed by atoms with E-state index < -0.39 is 41.2 Å². The lowest BCUT2D eigenvalue weighted by Gasteiger charge is -2.12. The summed E-state index contributed by atoms with van der Waals surface area (Å²) in [6.07, 6.45) is -1.78. The van der Waals surface area contributed by atoms with E-state index >= 15 is 0 Å². The van der Waals surface area contributed by atoms with Gasteiger partial charge in [-0.15, -0.1) is 0 Å². The Morgan fingerprint density at radius 2 is 1.95 bits per heavy atom. The maximum absolute atomic E-state index is 13.3. The van der Waals surface area contributed by atoms with E-state index in [0.29, 0.717) is 6.07 Å². The van der Waals surface area contributed by atoms with Crippen molar-refractivity contribution in [2.45, 2.75) is 18.6 Å². The van der Waals surface area contributed by atoms with Crippen LogP contribution in [-0.4, -0.2) is 22.0 Å². The van der Waals surface area contributed by atoms with Gasteiger partial charge in [-0.05, 0) is 6.07 Å². The molecule has 0 bridgehead atoms. The Bertz CT molecular complexity index is 817. The summed E-state index contributed by atoms with van der Waals surface area (Å²) in [7, 11) is 0. The van der Waals surface area contributed by atoms with E-state index in [1.807, 2.05) is 0 Å². The van der Waals surface area contributed by atoms with Crippen molar-refractivity contribution in [1.29, 1.82) is 0 Å². The van der Waals surface area contributed by atoms with E-state index in [1.54, 1.807) is 0 Å². The van der Waals surface area contributed by atoms with Crippen LogP contribution in [0.1, 0.15) is 12.5 Å². The van der Waals surface area contributed by atoms with E-state index in [2.05, 4.69) is 4.74 Å². The summed E-state index contributed by atoms with van der Waals surface area (Å²) >= 11 is 0. The van der Waals surface area contributed by atoms with Crippen LogP contribution in [0.4, 0.5) is 18.0 Å². The number of carboxylic acid groups (broad SMARTS) is 1. The molecule has 1 aromatic heterocycles. The molecular formula is C13H8F3NO4. The van der Waals surface area contributed by atoms with E-state index in [1.165, 1.54) is 4.57 Å². The Labute approximate surface area is 115 Å². The average Bonchev–Trinajstić information content (AvgIpc) is 3.12. The first-order valence-corrected chi connectivity index (χ1v) is 5.97. The summed E-state index contributed by atoms with van der Waals surface area (Å²) < 4.78 is 45.4. The molecule has 1 N–H and O–H groups in total. The zero-order valence-corrected chi connectivity index (χ0v) is 10.3. The summed E-state index contributed by atoms with van der Waals surface area (Å²) in [6.45, 7) is 0. The lowest BCUT2D eigenvalue weighted by atomic mass is 10.2. The molecule has 2 aromatic rings. The Morgan fingerprint density at radius 1 is 1.33 bits per heavy atom. The molecule has 110 valence electrons. The number of rotatable bonds is 2. The molecule has 0 radical (unpaired) electrons. The lowest BCUT2D eigenvalue weighted by Crippen LogP contribution is -2.17. The van der Waals surface area contributed by atoms with Crippen molar-refractivity contribution in [1.82, 2.24) is 4.57 Å². The number of halogens is 3. The van der Waals surface area contributed by atoms with Crippen LogP contribution >= 0.6 is 0 Å². The van der Waals surface area contributed by atoms with Crippen LogP contribution in [0.2, 0.25) is 0 Å². The molecule has 0 aliphatic heterocycles. The SMILES string of the molecule is O=C(O)Oc1cn([C@@H]2C[C@@H]2F)c2cc(F)c(F)cc2c1=O. The monoisotopic (exact) mass is 299 g/mol. The van der Waals surface area contributed by atoms with Crippen molar-refractivity contribution in [3.63, 3.8) is 0 Å². The molecule has 0 unspecified atom stereocenters. The highest BCUT2D eigenvalue weighted by atomic mass is 19.2. The fraction of sp³-hybridized carbons (Fsp3) is 0.231. The molecule has 0 spiro atoms. The Kier molecular flexibility index (Phi) is 2.89. The van der Waals surface area contributed by atoms with E-state index in [-0.39, 0.29) is 17.3 Å². The molecule has 1 heterocycles. The fourth-order valence-corrected chi connectivity index (χ4v) is 2.20. The third kappa shape index (κ3) is 2.22. The molecular weight excluding hydrogens is 291 g/mol. The molecule has 1 aliphatic rings. The van der Waals surface area contributed by atoms with E-state index in [4.69, 9.17) is 5.11 Å². The zero-order valence-electron chi connectivity index (χ0n) is 10.3. The Balaban J connectivity index is 2.32. The quantitative estimate of drug-likeness (QED) is 0.865. The molecule has 3 rings (SSSR count). The highest BCUT2D eigenvalue weighted by Crippen LogP contribution is 2.41. The van der Waals surface area contributed by atoms with Crippen molar-refractivity contribution in [2.24, 2.45) is 0 Å². The maximum atomic E-state index is 13.3. The highest BCUT2D eigenvalue weighted by Gasteiger charge is 2.40. The molecule has 1 aliphatic carbocycles. The number of fused-ring (bicyclic) bond motifs is 1. The largest absolute Gasteiger partial charge is 0.511 e. The van der Waals surface area contributed by atoms with Gasteiger partial charge in [-0.2, -0.15) is 0 Å². The molecule has 1 aromatic carbocycles. The summed E-state index contributed by atoms with van der Waals surface area (Å²) in [4.78, 5) is 22.6. The molecule has 21 heavy (non-hydrogen) atoms. The smallest absolute Gasteiger partial charge is 0.449 e. The minimum atomic E-state index is -1.73. The van der Waals surface area contributed by atoms with Crippen LogP contribution in [0.3, 0.4) is 0 Å². The number of nitrogens with zero attached hydrogens (tertiary/aromatic N) is 1. The van der Waals surface area contributed by atoms with Crippen LogP contribution in [0, 0.1) is 11.6 Å². The number of ether oxygens (including phenoxy) is 1.